The highest BCUT2D eigenvalue weighted by Gasteiger charge is 2.16. The smallest absolute Gasteiger partial charge is 0.322 e. The molecule has 0 aliphatic rings. The lowest BCUT2D eigenvalue weighted by molar-refractivity contribution is 0.201. The fourth-order valence-corrected chi connectivity index (χ4v) is 3.09. The van der Waals surface area contributed by atoms with Crippen molar-refractivity contribution in [3.05, 3.63) is 59.7 Å². The molecule has 2 aromatic carbocycles. The van der Waals surface area contributed by atoms with Crippen LogP contribution in [0.2, 0.25) is 0 Å². The Balaban J connectivity index is 2.10. The van der Waals surface area contributed by atoms with Crippen LogP contribution in [0.1, 0.15) is 25.0 Å². The molecule has 0 spiro atoms. The van der Waals surface area contributed by atoms with Crippen LogP contribution >= 0.6 is 0 Å². The Morgan fingerprint density at radius 2 is 1.81 bits per heavy atom. The maximum Gasteiger partial charge on any atom is 0.322 e. The third kappa shape index (κ3) is 7.30. The second-order valence-corrected chi connectivity index (χ2v) is 8.58. The maximum absolute atomic E-state index is 12.7. The van der Waals surface area contributed by atoms with Crippen molar-refractivity contribution in [2.24, 2.45) is 5.92 Å². The van der Waals surface area contributed by atoms with Crippen molar-refractivity contribution < 1.29 is 17.4 Å². The summed E-state index contributed by atoms with van der Waals surface area (Å²) in [5.74, 6) is 0.557. The van der Waals surface area contributed by atoms with E-state index in [-0.39, 0.29) is 11.8 Å². The second kappa shape index (κ2) is 8.90. The van der Waals surface area contributed by atoms with Crippen molar-refractivity contribution in [2.75, 3.05) is 18.1 Å². The standard InChI is InChI=1S/C20H26N2O4S/c1-15(2)13-22(20(23)21-18-7-5-6-16(3)12-18)14-17-8-10-19(11-9-17)26-27(4,24)25/h5-12,15H,13-14H2,1-4H3,(H,21,23). The van der Waals surface area contributed by atoms with Crippen molar-refractivity contribution in [2.45, 2.75) is 27.3 Å². The topological polar surface area (TPSA) is 75.7 Å². The van der Waals surface area contributed by atoms with Gasteiger partial charge in [0.05, 0.1) is 6.26 Å². The average Bonchev–Trinajstić information content (AvgIpc) is 2.54. The summed E-state index contributed by atoms with van der Waals surface area (Å²) in [6.07, 6.45) is 1.00. The van der Waals surface area contributed by atoms with E-state index in [2.05, 4.69) is 19.2 Å². The predicted molar refractivity (Wildman–Crippen MR) is 107 cm³/mol. The van der Waals surface area contributed by atoms with Crippen LogP contribution in [0.15, 0.2) is 48.5 Å². The Labute approximate surface area is 161 Å². The van der Waals surface area contributed by atoms with Gasteiger partial charge in [0.15, 0.2) is 0 Å². The third-order valence-electron chi connectivity index (χ3n) is 3.69. The van der Waals surface area contributed by atoms with E-state index in [9.17, 15) is 13.2 Å². The Morgan fingerprint density at radius 1 is 1.15 bits per heavy atom. The molecule has 2 amide bonds. The van der Waals surface area contributed by atoms with Gasteiger partial charge in [-0.1, -0.05) is 38.1 Å². The van der Waals surface area contributed by atoms with Crippen molar-refractivity contribution in [3.8, 4) is 5.75 Å². The van der Waals surface area contributed by atoms with Gasteiger partial charge in [0.2, 0.25) is 0 Å². The van der Waals surface area contributed by atoms with Crippen molar-refractivity contribution in [1.29, 1.82) is 0 Å². The molecule has 0 aliphatic heterocycles. The summed E-state index contributed by atoms with van der Waals surface area (Å²) in [5, 5.41) is 2.93. The van der Waals surface area contributed by atoms with E-state index in [0.29, 0.717) is 19.0 Å². The molecule has 0 aromatic heterocycles. The van der Waals surface area contributed by atoms with E-state index >= 15 is 0 Å². The first kappa shape index (κ1) is 20.8. The van der Waals surface area contributed by atoms with Crippen molar-refractivity contribution in [1.82, 2.24) is 4.90 Å². The number of nitrogens with zero attached hydrogens (tertiary/aromatic N) is 1. The number of hydrogen-bond acceptors (Lipinski definition) is 4. The molecule has 0 atom stereocenters. The Hall–Kier alpha value is -2.54. The van der Waals surface area contributed by atoms with Gasteiger partial charge in [-0.2, -0.15) is 8.42 Å². The van der Waals surface area contributed by atoms with Gasteiger partial charge >= 0.3 is 16.1 Å². The largest absolute Gasteiger partial charge is 0.383 e. The van der Waals surface area contributed by atoms with E-state index in [1.807, 2.05) is 31.2 Å². The lowest BCUT2D eigenvalue weighted by Crippen LogP contribution is -2.37. The Morgan fingerprint density at radius 3 is 2.37 bits per heavy atom. The molecule has 7 heteroatoms. The molecule has 0 saturated carbocycles. The highest BCUT2D eigenvalue weighted by molar-refractivity contribution is 7.86. The first-order valence-corrected chi connectivity index (χ1v) is 10.5. The minimum absolute atomic E-state index is 0.175. The van der Waals surface area contributed by atoms with Crippen LogP contribution in [-0.2, 0) is 16.7 Å². The minimum Gasteiger partial charge on any atom is -0.383 e. The normalized spacial score (nSPS) is 11.3. The molecule has 0 heterocycles. The number of aryl methyl sites for hydroxylation is 1. The molecular weight excluding hydrogens is 364 g/mol. The minimum atomic E-state index is -3.56. The summed E-state index contributed by atoms with van der Waals surface area (Å²) in [5.41, 5.74) is 2.71. The Kier molecular flexibility index (Phi) is 6.85. The molecule has 0 radical (unpaired) electrons. The number of amides is 2. The summed E-state index contributed by atoms with van der Waals surface area (Å²) >= 11 is 0. The number of nitrogens with one attached hydrogen (secondary N) is 1. The van der Waals surface area contributed by atoms with Crippen molar-refractivity contribution in [3.63, 3.8) is 0 Å². The zero-order chi connectivity index (χ0) is 20.0. The molecule has 2 rings (SSSR count). The van der Waals surface area contributed by atoms with Gasteiger partial charge in [0, 0.05) is 18.8 Å². The first-order valence-electron chi connectivity index (χ1n) is 8.73. The van der Waals surface area contributed by atoms with Crippen LogP contribution in [0, 0.1) is 12.8 Å². The lowest BCUT2D eigenvalue weighted by Gasteiger charge is -2.25. The second-order valence-electron chi connectivity index (χ2n) is 7.01. The number of carbonyl (C=O) groups excluding carboxylic acids is 1. The average molecular weight is 391 g/mol. The van der Waals surface area contributed by atoms with Gasteiger partial charge < -0.3 is 14.4 Å². The van der Waals surface area contributed by atoms with Gasteiger partial charge in [-0.05, 0) is 48.2 Å². The zero-order valence-corrected chi connectivity index (χ0v) is 16.9. The van der Waals surface area contributed by atoms with Gasteiger partial charge in [-0.3, -0.25) is 0 Å². The highest BCUT2D eigenvalue weighted by atomic mass is 32.2. The SMILES string of the molecule is Cc1cccc(NC(=O)N(Cc2ccc(OS(C)(=O)=O)cc2)CC(C)C)c1. The molecule has 0 fully saturated rings. The molecule has 2 aromatic rings. The van der Waals surface area contributed by atoms with Crippen LogP contribution in [0.5, 0.6) is 5.75 Å². The predicted octanol–water partition coefficient (Wildman–Crippen LogP) is 4.02. The summed E-state index contributed by atoms with van der Waals surface area (Å²) in [7, 11) is -3.56. The number of benzene rings is 2. The van der Waals surface area contributed by atoms with Gasteiger partial charge in [-0.15, -0.1) is 0 Å². The maximum atomic E-state index is 12.7. The third-order valence-corrected chi connectivity index (χ3v) is 4.18. The van der Waals surface area contributed by atoms with Crippen LogP contribution in [-0.4, -0.2) is 32.1 Å². The molecule has 6 nitrogen and oxygen atoms in total. The van der Waals surface area contributed by atoms with Crippen LogP contribution < -0.4 is 9.50 Å². The molecule has 0 saturated heterocycles. The zero-order valence-electron chi connectivity index (χ0n) is 16.1. The fourth-order valence-electron chi connectivity index (χ4n) is 2.63. The quantitative estimate of drug-likeness (QED) is 0.725. The molecule has 0 aliphatic carbocycles. The van der Waals surface area contributed by atoms with Gasteiger partial charge in [0.25, 0.3) is 0 Å². The number of carbonyl (C=O) groups is 1. The summed E-state index contributed by atoms with van der Waals surface area (Å²) in [4.78, 5) is 14.5. The monoisotopic (exact) mass is 390 g/mol. The van der Waals surface area contributed by atoms with Crippen LogP contribution in [0.4, 0.5) is 10.5 Å². The van der Waals surface area contributed by atoms with E-state index in [1.165, 1.54) is 0 Å². The van der Waals surface area contributed by atoms with Gasteiger partial charge in [-0.25, -0.2) is 4.79 Å². The fraction of sp³-hybridized carbons (Fsp3) is 0.350. The molecule has 146 valence electrons. The highest BCUT2D eigenvalue weighted by Crippen LogP contribution is 2.17. The molecular formula is C20H26N2O4S. The van der Waals surface area contributed by atoms with E-state index in [0.717, 1.165) is 23.1 Å². The first-order chi connectivity index (χ1) is 12.6. The number of anilines is 1. The van der Waals surface area contributed by atoms with Crippen LogP contribution in [0.3, 0.4) is 0 Å². The van der Waals surface area contributed by atoms with Crippen molar-refractivity contribution >= 4 is 21.8 Å². The molecule has 0 unspecified atom stereocenters. The Bertz CT molecular complexity index is 877. The molecule has 27 heavy (non-hydrogen) atoms. The summed E-state index contributed by atoms with van der Waals surface area (Å²) < 4.78 is 27.2. The van der Waals surface area contributed by atoms with Crippen LogP contribution in [0.25, 0.3) is 0 Å². The number of urea groups is 1. The van der Waals surface area contributed by atoms with Gasteiger partial charge in [0.1, 0.15) is 5.75 Å². The number of rotatable bonds is 7. The van der Waals surface area contributed by atoms with E-state index in [4.69, 9.17) is 4.18 Å². The molecule has 0 bridgehead atoms. The number of hydrogen-bond donors (Lipinski definition) is 1. The summed E-state index contributed by atoms with van der Waals surface area (Å²) in [6, 6.07) is 14.2. The molecule has 1 N–H and O–H groups in total. The van der Waals surface area contributed by atoms with E-state index < -0.39 is 10.1 Å². The van der Waals surface area contributed by atoms with E-state index in [1.54, 1.807) is 29.2 Å². The lowest BCUT2D eigenvalue weighted by atomic mass is 10.1. The summed E-state index contributed by atoms with van der Waals surface area (Å²) in [6.45, 7) is 7.09.